The van der Waals surface area contributed by atoms with Gasteiger partial charge in [0.1, 0.15) is 11.7 Å². The Hall–Kier alpha value is -1.32. The first-order valence-corrected chi connectivity index (χ1v) is 12.2. The van der Waals surface area contributed by atoms with Crippen LogP contribution in [0, 0.1) is 34.5 Å². The third kappa shape index (κ3) is 2.92. The topological polar surface area (TPSA) is 52.6 Å². The Kier molecular flexibility index (Phi) is 4.69. The Morgan fingerprint density at radius 1 is 1.07 bits per heavy atom. The first-order valence-electron chi connectivity index (χ1n) is 12.2. The van der Waals surface area contributed by atoms with Crippen LogP contribution >= 0.6 is 0 Å². The highest BCUT2D eigenvalue weighted by atomic mass is 16.6. The van der Waals surface area contributed by atoms with Gasteiger partial charge < -0.3 is 9.47 Å². The van der Waals surface area contributed by atoms with Gasteiger partial charge in [0.25, 0.3) is 0 Å². The molecule has 1 aliphatic heterocycles. The smallest absolute Gasteiger partial charge is 0.306 e. The molecule has 1 heterocycles. The zero-order valence-electron chi connectivity index (χ0n) is 19.2. The van der Waals surface area contributed by atoms with E-state index in [1.165, 1.54) is 39.0 Å². The normalized spacial score (nSPS) is 50.1. The van der Waals surface area contributed by atoms with Crippen molar-refractivity contribution in [3.05, 3.63) is 11.6 Å². The Bertz CT molecular complexity index is 786. The lowest BCUT2D eigenvalue weighted by molar-refractivity contribution is -0.159. The van der Waals surface area contributed by atoms with Crippen molar-refractivity contribution in [1.82, 2.24) is 0 Å². The van der Waals surface area contributed by atoms with Crippen LogP contribution in [0.3, 0.4) is 0 Å². The Balaban J connectivity index is 1.39. The minimum Gasteiger partial charge on any atom is -0.462 e. The summed E-state index contributed by atoms with van der Waals surface area (Å²) in [5.41, 5.74) is 1.85. The molecule has 4 aliphatic carbocycles. The van der Waals surface area contributed by atoms with E-state index in [9.17, 15) is 9.59 Å². The van der Waals surface area contributed by atoms with Gasteiger partial charge in [-0.3, -0.25) is 9.59 Å². The molecule has 0 amide bonds. The largest absolute Gasteiger partial charge is 0.462 e. The maximum absolute atomic E-state index is 11.9. The van der Waals surface area contributed by atoms with E-state index in [2.05, 4.69) is 26.8 Å². The molecule has 166 valence electrons. The van der Waals surface area contributed by atoms with Gasteiger partial charge in [0, 0.05) is 25.7 Å². The molecule has 0 radical (unpaired) electrons. The summed E-state index contributed by atoms with van der Waals surface area (Å²) in [6, 6.07) is 0. The Morgan fingerprint density at radius 2 is 1.87 bits per heavy atom. The predicted molar refractivity (Wildman–Crippen MR) is 114 cm³/mol. The lowest BCUT2D eigenvalue weighted by Gasteiger charge is -2.59. The van der Waals surface area contributed by atoms with Crippen LogP contribution in [-0.2, 0) is 19.1 Å². The number of hydrogen-bond donors (Lipinski definition) is 0. The number of ether oxygens (including phenoxy) is 2. The van der Waals surface area contributed by atoms with Crippen LogP contribution in [0.2, 0.25) is 0 Å². The molecule has 0 N–H and O–H groups in total. The fourth-order valence-corrected chi connectivity index (χ4v) is 8.92. The molecule has 0 aromatic rings. The molecule has 5 rings (SSSR count). The quantitative estimate of drug-likeness (QED) is 0.436. The van der Waals surface area contributed by atoms with E-state index in [0.717, 1.165) is 43.4 Å². The highest BCUT2D eigenvalue weighted by molar-refractivity contribution is 5.72. The number of carbonyl (C=O) groups excluding carboxylic acids is 2. The van der Waals surface area contributed by atoms with Crippen LogP contribution in [0.4, 0.5) is 0 Å². The maximum Gasteiger partial charge on any atom is 0.306 e. The van der Waals surface area contributed by atoms with Gasteiger partial charge in [-0.15, -0.1) is 0 Å². The van der Waals surface area contributed by atoms with Gasteiger partial charge in [-0.25, -0.2) is 0 Å². The summed E-state index contributed by atoms with van der Waals surface area (Å²) in [7, 11) is 0. The van der Waals surface area contributed by atoms with Crippen molar-refractivity contribution < 1.29 is 19.1 Å². The number of fused-ring (bicyclic) bond motifs is 5. The van der Waals surface area contributed by atoms with Crippen molar-refractivity contribution in [3.8, 4) is 0 Å². The van der Waals surface area contributed by atoms with E-state index in [4.69, 9.17) is 9.47 Å². The molecule has 8 atom stereocenters. The van der Waals surface area contributed by atoms with Gasteiger partial charge in [-0.1, -0.05) is 25.5 Å². The van der Waals surface area contributed by atoms with E-state index in [1.54, 1.807) is 5.57 Å². The first kappa shape index (κ1) is 20.6. The summed E-state index contributed by atoms with van der Waals surface area (Å²) < 4.78 is 11.5. The lowest BCUT2D eigenvalue weighted by Crippen LogP contribution is -2.53. The van der Waals surface area contributed by atoms with Crippen LogP contribution in [-0.4, -0.2) is 23.6 Å². The van der Waals surface area contributed by atoms with Crippen LogP contribution in [0.15, 0.2) is 11.6 Å². The van der Waals surface area contributed by atoms with Crippen molar-refractivity contribution in [2.45, 2.75) is 104 Å². The van der Waals surface area contributed by atoms with E-state index < -0.39 is 0 Å². The van der Waals surface area contributed by atoms with Crippen molar-refractivity contribution in [2.24, 2.45) is 34.5 Å². The molecular weight excluding hydrogens is 376 g/mol. The van der Waals surface area contributed by atoms with E-state index in [1.807, 2.05) is 0 Å². The summed E-state index contributed by atoms with van der Waals surface area (Å²) in [5, 5.41) is 0. The predicted octanol–water partition coefficient (Wildman–Crippen LogP) is 5.59. The average molecular weight is 415 g/mol. The molecular formula is C26H38O4. The molecule has 0 spiro atoms. The molecule has 0 bridgehead atoms. The third-order valence-corrected chi connectivity index (χ3v) is 10.3. The minimum atomic E-state index is -0.255. The second kappa shape index (κ2) is 6.84. The van der Waals surface area contributed by atoms with Crippen molar-refractivity contribution in [2.75, 3.05) is 0 Å². The molecule has 3 saturated carbocycles. The van der Waals surface area contributed by atoms with Crippen molar-refractivity contribution >= 4 is 11.9 Å². The molecule has 0 aromatic carbocycles. The molecule has 1 saturated heterocycles. The standard InChI is InChI=1S/C26H38O4/c1-16(27)29-18-9-12-24(2)17(15-18)5-6-19-20-7-8-22(25(20,3)13-10-21(19)24)26(4)14-11-23(28)30-26/h5,18-22H,6-15H2,1-4H3/t18-,19-,20-,21-,22-,24-,25-,26?/m0/s1. The number of hydrogen-bond acceptors (Lipinski definition) is 4. The zero-order valence-corrected chi connectivity index (χ0v) is 19.2. The van der Waals surface area contributed by atoms with Crippen molar-refractivity contribution in [3.63, 3.8) is 0 Å². The van der Waals surface area contributed by atoms with Crippen LogP contribution in [0.25, 0.3) is 0 Å². The zero-order chi connectivity index (χ0) is 21.3. The highest BCUT2D eigenvalue weighted by Gasteiger charge is 2.63. The second-order valence-electron chi connectivity index (χ2n) is 11.7. The lowest BCUT2D eigenvalue weighted by atomic mass is 9.46. The van der Waals surface area contributed by atoms with Gasteiger partial charge >= 0.3 is 11.9 Å². The van der Waals surface area contributed by atoms with E-state index >= 15 is 0 Å². The third-order valence-electron chi connectivity index (χ3n) is 10.3. The molecule has 30 heavy (non-hydrogen) atoms. The van der Waals surface area contributed by atoms with E-state index in [0.29, 0.717) is 12.3 Å². The summed E-state index contributed by atoms with van der Waals surface area (Å²) in [6.07, 6.45) is 13.3. The maximum atomic E-state index is 11.9. The van der Waals surface area contributed by atoms with Gasteiger partial charge in [0.15, 0.2) is 0 Å². The van der Waals surface area contributed by atoms with Crippen molar-refractivity contribution in [1.29, 1.82) is 0 Å². The minimum absolute atomic E-state index is 0.000489. The van der Waals surface area contributed by atoms with Gasteiger partial charge in [-0.2, -0.15) is 0 Å². The fourth-order valence-electron chi connectivity index (χ4n) is 8.92. The highest BCUT2D eigenvalue weighted by Crippen LogP contribution is 2.68. The number of esters is 2. The Morgan fingerprint density at radius 3 is 2.57 bits per heavy atom. The summed E-state index contributed by atoms with van der Waals surface area (Å²) in [5.74, 6) is 2.57. The molecule has 4 nitrogen and oxygen atoms in total. The first-order chi connectivity index (χ1) is 14.2. The van der Waals surface area contributed by atoms with Crippen LogP contribution < -0.4 is 0 Å². The average Bonchev–Trinajstić information content (AvgIpc) is 3.21. The number of allylic oxidation sites excluding steroid dienone is 1. The van der Waals surface area contributed by atoms with Gasteiger partial charge in [0.2, 0.25) is 0 Å². The number of cyclic esters (lactones) is 1. The molecule has 1 unspecified atom stereocenters. The fraction of sp³-hybridized carbons (Fsp3) is 0.846. The summed E-state index contributed by atoms with van der Waals surface area (Å²) >= 11 is 0. The SMILES string of the molecule is CC(=O)O[C@H]1CC[C@@]2(C)C(=CC[C@H]3[C@@H]4CC[C@H](C5(C)CCC(=O)O5)[C@@]4(C)CC[C@@H]32)C1. The number of carbonyl (C=O) groups is 2. The Labute approximate surface area is 181 Å². The second-order valence-corrected chi connectivity index (χ2v) is 11.7. The molecule has 5 aliphatic rings. The molecule has 0 aromatic heterocycles. The van der Waals surface area contributed by atoms with Crippen LogP contribution in [0.1, 0.15) is 91.9 Å². The monoisotopic (exact) mass is 414 g/mol. The summed E-state index contributed by atoms with van der Waals surface area (Å²) in [4.78, 5) is 23.4. The van der Waals surface area contributed by atoms with E-state index in [-0.39, 0.29) is 34.5 Å². The van der Waals surface area contributed by atoms with Crippen LogP contribution in [0.5, 0.6) is 0 Å². The van der Waals surface area contributed by atoms with Gasteiger partial charge in [-0.05, 0) is 86.9 Å². The molecule has 4 fully saturated rings. The molecule has 4 heteroatoms. The summed E-state index contributed by atoms with van der Waals surface area (Å²) in [6.45, 7) is 8.75. The number of rotatable bonds is 2. The van der Waals surface area contributed by atoms with Gasteiger partial charge in [0.05, 0.1) is 0 Å².